The first-order chi connectivity index (χ1) is 7.08. The first kappa shape index (κ1) is 10.8. The van der Waals surface area contributed by atoms with Gasteiger partial charge in [0.1, 0.15) is 5.75 Å². The largest absolute Gasteiger partial charge is 0.493 e. The fourth-order valence-corrected chi connectivity index (χ4v) is 2.32. The van der Waals surface area contributed by atoms with Gasteiger partial charge in [0.15, 0.2) is 0 Å². The lowest BCUT2D eigenvalue weighted by Crippen LogP contribution is -2.35. The van der Waals surface area contributed by atoms with Crippen molar-refractivity contribution >= 4 is 11.6 Å². The van der Waals surface area contributed by atoms with Crippen molar-refractivity contribution in [2.24, 2.45) is 11.7 Å². The zero-order valence-electron chi connectivity index (χ0n) is 9.09. The minimum atomic E-state index is 0.164. The molecule has 2 atom stereocenters. The van der Waals surface area contributed by atoms with Crippen molar-refractivity contribution in [3.8, 4) is 5.75 Å². The zero-order chi connectivity index (χ0) is 11.0. The number of fused-ring (bicyclic) bond motifs is 1. The van der Waals surface area contributed by atoms with Crippen molar-refractivity contribution in [1.82, 2.24) is 0 Å². The summed E-state index contributed by atoms with van der Waals surface area (Å²) in [5, 5.41) is 0.778. The molecule has 0 saturated carbocycles. The summed E-state index contributed by atoms with van der Waals surface area (Å²) in [5.41, 5.74) is 8.19. The van der Waals surface area contributed by atoms with Gasteiger partial charge in [-0.2, -0.15) is 0 Å². The highest BCUT2D eigenvalue weighted by atomic mass is 35.5. The number of aryl methyl sites for hydroxylation is 1. The predicted molar refractivity (Wildman–Crippen MR) is 62.5 cm³/mol. The second-order valence-corrected chi connectivity index (χ2v) is 4.78. The Kier molecular flexibility index (Phi) is 2.89. The number of halogens is 1. The standard InChI is InChI=1S/C12H16ClNO/c1-7-3-11(13)5-9-4-10(8(2)14)6-15-12(7)9/h3,5,8,10H,4,6,14H2,1-2H3/t8-,10?/m0/s1. The Balaban J connectivity index is 2.33. The maximum atomic E-state index is 6.02. The SMILES string of the molecule is Cc1cc(Cl)cc2c1OCC([C@H](C)N)C2. The van der Waals surface area contributed by atoms with Crippen LogP contribution in [-0.2, 0) is 6.42 Å². The molecule has 0 bridgehead atoms. The Morgan fingerprint density at radius 1 is 1.53 bits per heavy atom. The predicted octanol–water partition coefficient (Wildman–Crippen LogP) is 2.55. The molecule has 1 aliphatic rings. The minimum Gasteiger partial charge on any atom is -0.493 e. The van der Waals surface area contributed by atoms with Gasteiger partial charge in [-0.25, -0.2) is 0 Å². The molecule has 1 heterocycles. The maximum absolute atomic E-state index is 6.02. The molecule has 2 rings (SSSR count). The van der Waals surface area contributed by atoms with E-state index in [4.69, 9.17) is 22.1 Å². The summed E-state index contributed by atoms with van der Waals surface area (Å²) >= 11 is 6.02. The van der Waals surface area contributed by atoms with Crippen LogP contribution in [0.15, 0.2) is 12.1 Å². The molecule has 2 N–H and O–H groups in total. The molecule has 0 aliphatic carbocycles. The molecule has 1 aromatic rings. The molecule has 2 nitrogen and oxygen atoms in total. The summed E-state index contributed by atoms with van der Waals surface area (Å²) in [6.07, 6.45) is 0.967. The molecule has 0 fully saturated rings. The second kappa shape index (κ2) is 4.03. The Morgan fingerprint density at radius 3 is 2.93 bits per heavy atom. The first-order valence-electron chi connectivity index (χ1n) is 5.25. The van der Waals surface area contributed by atoms with Crippen LogP contribution in [0.5, 0.6) is 5.75 Å². The van der Waals surface area contributed by atoms with E-state index < -0.39 is 0 Å². The molecule has 82 valence electrons. The van der Waals surface area contributed by atoms with Crippen LogP contribution in [0.4, 0.5) is 0 Å². The summed E-state index contributed by atoms with van der Waals surface area (Å²) in [4.78, 5) is 0. The highest BCUT2D eigenvalue weighted by molar-refractivity contribution is 6.30. The third kappa shape index (κ3) is 2.11. The van der Waals surface area contributed by atoms with Crippen molar-refractivity contribution in [1.29, 1.82) is 0 Å². The summed E-state index contributed by atoms with van der Waals surface area (Å²) < 4.78 is 5.74. The first-order valence-corrected chi connectivity index (χ1v) is 5.63. The van der Waals surface area contributed by atoms with Gasteiger partial charge >= 0.3 is 0 Å². The van der Waals surface area contributed by atoms with Crippen molar-refractivity contribution in [3.63, 3.8) is 0 Å². The summed E-state index contributed by atoms with van der Waals surface area (Å²) in [5.74, 6) is 1.40. The molecule has 0 amide bonds. The van der Waals surface area contributed by atoms with Gasteiger partial charge in [0.2, 0.25) is 0 Å². The van der Waals surface area contributed by atoms with Gasteiger partial charge in [0, 0.05) is 17.0 Å². The van der Waals surface area contributed by atoms with Crippen molar-refractivity contribution in [2.45, 2.75) is 26.3 Å². The van der Waals surface area contributed by atoms with E-state index in [1.165, 1.54) is 5.56 Å². The van der Waals surface area contributed by atoms with Gasteiger partial charge in [-0.15, -0.1) is 0 Å². The molecule has 1 unspecified atom stereocenters. The quantitative estimate of drug-likeness (QED) is 0.797. The van der Waals surface area contributed by atoms with E-state index in [-0.39, 0.29) is 6.04 Å². The van der Waals surface area contributed by atoms with Gasteiger partial charge in [-0.3, -0.25) is 0 Å². The fraction of sp³-hybridized carbons (Fsp3) is 0.500. The van der Waals surface area contributed by atoms with Gasteiger partial charge in [-0.05, 0) is 43.5 Å². The van der Waals surface area contributed by atoms with Crippen LogP contribution in [0.3, 0.4) is 0 Å². The molecular formula is C12H16ClNO. The van der Waals surface area contributed by atoms with Crippen LogP contribution < -0.4 is 10.5 Å². The summed E-state index contributed by atoms with van der Waals surface area (Å²) in [6, 6.07) is 4.09. The lowest BCUT2D eigenvalue weighted by atomic mass is 9.91. The Morgan fingerprint density at radius 2 is 2.27 bits per heavy atom. The summed E-state index contributed by atoms with van der Waals surface area (Å²) in [6.45, 7) is 4.76. The molecule has 1 aliphatic heterocycles. The van der Waals surface area contributed by atoms with Crippen LogP contribution in [0, 0.1) is 12.8 Å². The van der Waals surface area contributed by atoms with E-state index in [0.717, 1.165) is 22.8 Å². The molecule has 0 aromatic heterocycles. The van der Waals surface area contributed by atoms with Crippen LogP contribution in [0.2, 0.25) is 5.02 Å². The van der Waals surface area contributed by atoms with Crippen LogP contribution in [0.1, 0.15) is 18.1 Å². The highest BCUT2D eigenvalue weighted by Gasteiger charge is 2.24. The van der Waals surface area contributed by atoms with E-state index in [0.29, 0.717) is 12.5 Å². The average Bonchev–Trinajstić information content (AvgIpc) is 2.16. The number of hydrogen-bond acceptors (Lipinski definition) is 2. The Labute approximate surface area is 95.4 Å². The average molecular weight is 226 g/mol. The van der Waals surface area contributed by atoms with Crippen molar-refractivity contribution in [2.75, 3.05) is 6.61 Å². The lowest BCUT2D eigenvalue weighted by molar-refractivity contribution is 0.203. The van der Waals surface area contributed by atoms with E-state index in [1.54, 1.807) is 0 Å². The number of rotatable bonds is 1. The Bertz CT molecular complexity index is 376. The Hall–Kier alpha value is -0.730. The number of hydrogen-bond donors (Lipinski definition) is 1. The minimum absolute atomic E-state index is 0.164. The third-order valence-electron chi connectivity index (χ3n) is 2.98. The van der Waals surface area contributed by atoms with Gasteiger partial charge in [0.25, 0.3) is 0 Å². The molecule has 15 heavy (non-hydrogen) atoms. The highest BCUT2D eigenvalue weighted by Crippen LogP contribution is 2.33. The van der Waals surface area contributed by atoms with Crippen LogP contribution >= 0.6 is 11.6 Å². The normalized spacial score (nSPS) is 21.7. The number of nitrogens with two attached hydrogens (primary N) is 1. The van der Waals surface area contributed by atoms with Crippen LogP contribution in [0.25, 0.3) is 0 Å². The topological polar surface area (TPSA) is 35.2 Å². The van der Waals surface area contributed by atoms with Crippen LogP contribution in [-0.4, -0.2) is 12.6 Å². The molecule has 0 spiro atoms. The van der Waals surface area contributed by atoms with Gasteiger partial charge in [0.05, 0.1) is 6.61 Å². The number of ether oxygens (including phenoxy) is 1. The molecule has 0 saturated heterocycles. The number of benzene rings is 1. The molecular weight excluding hydrogens is 210 g/mol. The van der Waals surface area contributed by atoms with E-state index in [9.17, 15) is 0 Å². The lowest BCUT2D eigenvalue weighted by Gasteiger charge is -2.29. The molecule has 0 radical (unpaired) electrons. The summed E-state index contributed by atoms with van der Waals surface area (Å²) in [7, 11) is 0. The van der Waals surface area contributed by atoms with Gasteiger partial charge < -0.3 is 10.5 Å². The molecule has 1 aromatic carbocycles. The fourth-order valence-electron chi connectivity index (χ4n) is 2.03. The van der Waals surface area contributed by atoms with E-state index in [2.05, 4.69) is 0 Å². The second-order valence-electron chi connectivity index (χ2n) is 4.35. The van der Waals surface area contributed by atoms with Crippen molar-refractivity contribution < 1.29 is 4.74 Å². The van der Waals surface area contributed by atoms with E-state index in [1.807, 2.05) is 26.0 Å². The maximum Gasteiger partial charge on any atom is 0.125 e. The molecule has 3 heteroatoms. The third-order valence-corrected chi connectivity index (χ3v) is 3.20. The van der Waals surface area contributed by atoms with Gasteiger partial charge in [-0.1, -0.05) is 11.6 Å². The zero-order valence-corrected chi connectivity index (χ0v) is 9.84. The smallest absolute Gasteiger partial charge is 0.125 e. The monoisotopic (exact) mass is 225 g/mol. The van der Waals surface area contributed by atoms with Crippen molar-refractivity contribution in [3.05, 3.63) is 28.3 Å². The van der Waals surface area contributed by atoms with E-state index >= 15 is 0 Å².